The molecular weight excluding hydrogens is 328 g/mol. The predicted molar refractivity (Wildman–Crippen MR) is 101 cm³/mol. The first kappa shape index (κ1) is 15.4. The lowest BCUT2D eigenvalue weighted by atomic mass is 10.2. The molecule has 0 aliphatic carbocycles. The second-order valence-corrected chi connectivity index (χ2v) is 6.85. The van der Waals surface area contributed by atoms with E-state index in [2.05, 4.69) is 14.7 Å². The molecule has 0 radical (unpaired) electrons. The summed E-state index contributed by atoms with van der Waals surface area (Å²) in [6.45, 7) is 4.32. The molecule has 1 aromatic carbocycles. The van der Waals surface area contributed by atoms with E-state index in [0.717, 1.165) is 29.7 Å². The Morgan fingerprint density at radius 1 is 1.08 bits per heavy atom. The minimum Gasteiger partial charge on any atom is -0.464 e. The molecule has 6 nitrogen and oxygen atoms in total. The van der Waals surface area contributed by atoms with Crippen LogP contribution >= 0.6 is 0 Å². The van der Waals surface area contributed by atoms with Gasteiger partial charge >= 0.3 is 0 Å². The van der Waals surface area contributed by atoms with Gasteiger partial charge in [0.15, 0.2) is 0 Å². The van der Waals surface area contributed by atoms with Crippen LogP contribution in [0.5, 0.6) is 0 Å². The first-order valence-corrected chi connectivity index (χ1v) is 9.07. The fourth-order valence-electron chi connectivity index (χ4n) is 3.81. The smallest absolute Gasteiger partial charge is 0.266 e. The average Bonchev–Trinajstić information content (AvgIpc) is 3.40. The number of hydrogen-bond acceptors (Lipinski definition) is 4. The summed E-state index contributed by atoms with van der Waals surface area (Å²) in [6.07, 6.45) is 7.79. The monoisotopic (exact) mass is 348 g/mol. The summed E-state index contributed by atoms with van der Waals surface area (Å²) in [5.41, 5.74) is 2.48. The summed E-state index contributed by atoms with van der Waals surface area (Å²) in [7, 11) is 0. The summed E-state index contributed by atoms with van der Waals surface area (Å²) < 4.78 is 9.01. The van der Waals surface area contributed by atoms with Gasteiger partial charge in [0.25, 0.3) is 5.56 Å². The Morgan fingerprint density at radius 2 is 1.96 bits per heavy atom. The number of nitrogens with zero attached hydrogens (tertiary/aromatic N) is 4. The molecule has 1 saturated heterocycles. The van der Waals surface area contributed by atoms with Crippen molar-refractivity contribution in [1.29, 1.82) is 0 Å². The molecule has 6 heteroatoms. The van der Waals surface area contributed by atoms with Crippen LogP contribution in [0.2, 0.25) is 0 Å². The topological polar surface area (TPSA) is 56.2 Å². The summed E-state index contributed by atoms with van der Waals surface area (Å²) in [5.74, 6) is 0. The molecule has 0 N–H and O–H groups in total. The van der Waals surface area contributed by atoms with E-state index in [-0.39, 0.29) is 5.56 Å². The van der Waals surface area contributed by atoms with Crippen LogP contribution in [0.1, 0.15) is 12.8 Å². The zero-order valence-electron chi connectivity index (χ0n) is 14.5. The van der Waals surface area contributed by atoms with Gasteiger partial charge in [0.1, 0.15) is 5.58 Å². The van der Waals surface area contributed by atoms with E-state index in [4.69, 9.17) is 4.42 Å². The second-order valence-electron chi connectivity index (χ2n) is 6.85. The number of benzene rings is 1. The molecule has 0 amide bonds. The van der Waals surface area contributed by atoms with Gasteiger partial charge in [0.2, 0.25) is 0 Å². The van der Waals surface area contributed by atoms with Gasteiger partial charge in [-0.3, -0.25) is 14.0 Å². The highest BCUT2D eigenvalue weighted by Gasteiger charge is 2.13. The van der Waals surface area contributed by atoms with Gasteiger partial charge in [-0.1, -0.05) is 0 Å². The molecule has 1 aliphatic heterocycles. The zero-order valence-corrected chi connectivity index (χ0v) is 14.5. The van der Waals surface area contributed by atoms with Crippen molar-refractivity contribution in [3.63, 3.8) is 0 Å². The van der Waals surface area contributed by atoms with Crippen molar-refractivity contribution in [2.24, 2.45) is 0 Å². The van der Waals surface area contributed by atoms with E-state index in [9.17, 15) is 4.79 Å². The van der Waals surface area contributed by atoms with E-state index in [1.807, 2.05) is 30.5 Å². The number of likely N-dealkylation sites (tertiary alicyclic amines) is 1. The molecule has 26 heavy (non-hydrogen) atoms. The van der Waals surface area contributed by atoms with Crippen molar-refractivity contribution in [3.8, 4) is 5.69 Å². The first-order chi connectivity index (χ1) is 12.8. The number of fused-ring (bicyclic) bond motifs is 2. The maximum absolute atomic E-state index is 12.7. The SMILES string of the molecule is O=c1c2ccoc2ccn1-c1ccc2c(cnn2CCN2CCCC2)c1. The van der Waals surface area contributed by atoms with Crippen molar-refractivity contribution >= 4 is 21.9 Å². The third-order valence-electron chi connectivity index (χ3n) is 5.25. The van der Waals surface area contributed by atoms with Crippen LogP contribution in [-0.4, -0.2) is 38.9 Å². The van der Waals surface area contributed by atoms with Gasteiger partial charge in [-0.2, -0.15) is 5.10 Å². The van der Waals surface area contributed by atoms with E-state index in [0.29, 0.717) is 11.0 Å². The van der Waals surface area contributed by atoms with Crippen molar-refractivity contribution in [3.05, 3.63) is 59.3 Å². The van der Waals surface area contributed by atoms with Crippen LogP contribution in [0.3, 0.4) is 0 Å². The number of furan rings is 1. The highest BCUT2D eigenvalue weighted by atomic mass is 16.3. The fraction of sp³-hybridized carbons (Fsp3) is 0.300. The highest BCUT2D eigenvalue weighted by Crippen LogP contribution is 2.19. The molecule has 1 aliphatic rings. The van der Waals surface area contributed by atoms with Crippen LogP contribution in [0, 0.1) is 0 Å². The summed E-state index contributed by atoms with van der Waals surface area (Å²) >= 11 is 0. The molecule has 132 valence electrons. The van der Waals surface area contributed by atoms with Crippen LogP contribution in [0.4, 0.5) is 0 Å². The molecule has 0 atom stereocenters. The fourth-order valence-corrected chi connectivity index (χ4v) is 3.81. The Kier molecular flexibility index (Phi) is 3.64. The molecule has 5 rings (SSSR count). The number of aromatic nitrogens is 3. The molecule has 1 fully saturated rings. The Bertz CT molecular complexity index is 1130. The standard InChI is InChI=1S/C20H20N4O2/c25-20-17-6-12-26-19(17)5-9-23(20)16-3-4-18-15(13-16)14-21-24(18)11-10-22-7-1-2-8-22/h3-6,9,12-14H,1-2,7-8,10-11H2. The summed E-state index contributed by atoms with van der Waals surface area (Å²) in [5, 5.41) is 6.18. The molecule has 0 bridgehead atoms. The summed E-state index contributed by atoms with van der Waals surface area (Å²) in [6, 6.07) is 9.57. The average molecular weight is 348 g/mol. The van der Waals surface area contributed by atoms with Gasteiger partial charge < -0.3 is 9.32 Å². The van der Waals surface area contributed by atoms with Gasteiger partial charge in [0, 0.05) is 23.8 Å². The lowest BCUT2D eigenvalue weighted by molar-refractivity contribution is 0.318. The molecule has 3 aromatic heterocycles. The van der Waals surface area contributed by atoms with Gasteiger partial charge in [-0.25, -0.2) is 0 Å². The Labute approximate surface area is 150 Å². The number of pyridine rings is 1. The number of hydrogen-bond donors (Lipinski definition) is 0. The highest BCUT2D eigenvalue weighted by molar-refractivity contribution is 5.81. The molecule has 0 unspecified atom stereocenters. The number of rotatable bonds is 4. The predicted octanol–water partition coefficient (Wildman–Crippen LogP) is 3.03. The lowest BCUT2D eigenvalue weighted by Gasteiger charge is -2.14. The van der Waals surface area contributed by atoms with Gasteiger partial charge in [-0.05, 0) is 56.3 Å². The van der Waals surface area contributed by atoms with E-state index in [1.54, 1.807) is 23.1 Å². The maximum atomic E-state index is 12.7. The molecule has 0 saturated carbocycles. The molecule has 4 aromatic rings. The van der Waals surface area contributed by atoms with Crippen molar-refractivity contribution < 1.29 is 4.42 Å². The first-order valence-electron chi connectivity index (χ1n) is 9.07. The molecule has 0 spiro atoms. The largest absolute Gasteiger partial charge is 0.464 e. The summed E-state index contributed by atoms with van der Waals surface area (Å²) in [4.78, 5) is 15.1. The van der Waals surface area contributed by atoms with Crippen LogP contribution in [0.15, 0.2) is 58.2 Å². The zero-order chi connectivity index (χ0) is 17.5. The lowest BCUT2D eigenvalue weighted by Crippen LogP contribution is -2.24. The van der Waals surface area contributed by atoms with E-state index < -0.39 is 0 Å². The Balaban J connectivity index is 1.48. The second kappa shape index (κ2) is 6.14. The van der Waals surface area contributed by atoms with Crippen LogP contribution in [0.25, 0.3) is 27.6 Å². The Morgan fingerprint density at radius 3 is 2.85 bits per heavy atom. The molecular formula is C20H20N4O2. The maximum Gasteiger partial charge on any atom is 0.266 e. The third-order valence-corrected chi connectivity index (χ3v) is 5.25. The molecule has 4 heterocycles. The van der Waals surface area contributed by atoms with Gasteiger partial charge in [0.05, 0.1) is 29.9 Å². The third kappa shape index (κ3) is 2.54. The minimum atomic E-state index is -0.0722. The van der Waals surface area contributed by atoms with Crippen LogP contribution < -0.4 is 5.56 Å². The van der Waals surface area contributed by atoms with Gasteiger partial charge in [-0.15, -0.1) is 0 Å². The minimum absolute atomic E-state index is 0.0722. The van der Waals surface area contributed by atoms with Crippen LogP contribution in [-0.2, 0) is 6.54 Å². The quantitative estimate of drug-likeness (QED) is 0.569. The Hall–Kier alpha value is -2.86. The van der Waals surface area contributed by atoms with Crippen molar-refractivity contribution in [2.75, 3.05) is 19.6 Å². The van der Waals surface area contributed by atoms with E-state index in [1.165, 1.54) is 25.9 Å². The van der Waals surface area contributed by atoms with Crippen molar-refractivity contribution in [2.45, 2.75) is 19.4 Å². The van der Waals surface area contributed by atoms with E-state index >= 15 is 0 Å². The normalized spacial score (nSPS) is 15.4. The van der Waals surface area contributed by atoms with Crippen molar-refractivity contribution in [1.82, 2.24) is 19.2 Å².